The molecule has 0 amide bonds. The van der Waals surface area contributed by atoms with E-state index in [1.807, 2.05) is 25.1 Å². The molecule has 1 aliphatic rings. The maximum Gasteiger partial charge on any atom is 0.152 e. The van der Waals surface area contributed by atoms with Crippen LogP contribution in [-0.4, -0.2) is 56.6 Å². The van der Waals surface area contributed by atoms with Gasteiger partial charge in [0.05, 0.1) is 11.5 Å². The third-order valence-corrected chi connectivity index (χ3v) is 5.74. The predicted molar refractivity (Wildman–Crippen MR) is 85.7 cm³/mol. The zero-order chi connectivity index (χ0) is 15.5. The van der Waals surface area contributed by atoms with Gasteiger partial charge in [-0.15, -0.1) is 0 Å². The highest BCUT2D eigenvalue weighted by molar-refractivity contribution is 7.91. The molecule has 2 rings (SSSR count). The van der Waals surface area contributed by atoms with E-state index < -0.39 is 9.84 Å². The maximum atomic E-state index is 11.6. The van der Waals surface area contributed by atoms with Crippen molar-refractivity contribution in [2.45, 2.75) is 32.2 Å². The van der Waals surface area contributed by atoms with E-state index in [2.05, 4.69) is 21.8 Å². The van der Waals surface area contributed by atoms with Crippen molar-refractivity contribution in [2.75, 3.05) is 41.9 Å². The highest BCUT2D eigenvalue weighted by Crippen LogP contribution is 2.23. The molecular weight excluding hydrogens is 288 g/mol. The number of nitrogens with zero attached hydrogens (tertiary/aromatic N) is 4. The fourth-order valence-corrected chi connectivity index (χ4v) is 4.29. The van der Waals surface area contributed by atoms with Gasteiger partial charge in [0.1, 0.15) is 18.0 Å². The monoisotopic (exact) mass is 312 g/mol. The summed E-state index contributed by atoms with van der Waals surface area (Å²) in [6, 6.07) is 1.94. The molecule has 1 fully saturated rings. The number of hydrogen-bond donors (Lipinski definition) is 0. The van der Waals surface area contributed by atoms with E-state index in [0.29, 0.717) is 6.42 Å². The van der Waals surface area contributed by atoms with Crippen molar-refractivity contribution >= 4 is 21.5 Å². The van der Waals surface area contributed by atoms with Gasteiger partial charge in [0.25, 0.3) is 0 Å². The van der Waals surface area contributed by atoms with Crippen LogP contribution in [0.1, 0.15) is 26.2 Å². The molecular formula is C14H24N4O2S. The summed E-state index contributed by atoms with van der Waals surface area (Å²) >= 11 is 0. The van der Waals surface area contributed by atoms with Gasteiger partial charge in [-0.1, -0.05) is 13.3 Å². The lowest BCUT2D eigenvalue weighted by Crippen LogP contribution is -2.33. The number of aromatic nitrogens is 2. The first-order valence-electron chi connectivity index (χ1n) is 7.39. The molecule has 1 aliphatic heterocycles. The topological polar surface area (TPSA) is 66.4 Å². The Morgan fingerprint density at radius 2 is 2.00 bits per heavy atom. The van der Waals surface area contributed by atoms with Crippen LogP contribution in [0.15, 0.2) is 12.4 Å². The van der Waals surface area contributed by atoms with Gasteiger partial charge < -0.3 is 9.80 Å². The van der Waals surface area contributed by atoms with Gasteiger partial charge in [-0.25, -0.2) is 18.4 Å². The van der Waals surface area contributed by atoms with Crippen LogP contribution in [0.5, 0.6) is 0 Å². The summed E-state index contributed by atoms with van der Waals surface area (Å²) in [4.78, 5) is 12.7. The third kappa shape index (κ3) is 4.06. The van der Waals surface area contributed by atoms with Gasteiger partial charge in [-0.05, 0) is 12.8 Å². The van der Waals surface area contributed by atoms with Crippen LogP contribution in [0.25, 0.3) is 0 Å². The average Bonchev–Trinajstić information content (AvgIpc) is 2.84. The van der Waals surface area contributed by atoms with Gasteiger partial charge in [0.2, 0.25) is 0 Å². The second-order valence-corrected chi connectivity index (χ2v) is 7.91. The van der Waals surface area contributed by atoms with E-state index in [1.54, 1.807) is 6.33 Å². The Kier molecular flexibility index (Phi) is 5.03. The highest BCUT2D eigenvalue weighted by atomic mass is 32.2. The normalized spacial score (nSPS) is 20.4. The maximum absolute atomic E-state index is 11.6. The molecule has 0 N–H and O–H groups in total. The summed E-state index contributed by atoms with van der Waals surface area (Å²) < 4.78 is 23.2. The van der Waals surface area contributed by atoms with Crippen molar-refractivity contribution in [2.24, 2.45) is 0 Å². The molecule has 1 aromatic heterocycles. The molecule has 118 valence electrons. The number of sulfone groups is 1. The highest BCUT2D eigenvalue weighted by Gasteiger charge is 2.31. The number of unbranched alkanes of at least 4 members (excludes halogenated alkanes) is 1. The van der Waals surface area contributed by atoms with E-state index in [0.717, 1.165) is 31.0 Å². The molecule has 0 radical (unpaired) electrons. The number of anilines is 2. The Balaban J connectivity index is 2.10. The molecule has 2 heterocycles. The average molecular weight is 312 g/mol. The summed E-state index contributed by atoms with van der Waals surface area (Å²) in [5, 5.41) is 0. The first kappa shape index (κ1) is 16.0. The molecule has 0 saturated carbocycles. The molecule has 1 aromatic rings. The van der Waals surface area contributed by atoms with E-state index in [-0.39, 0.29) is 17.5 Å². The van der Waals surface area contributed by atoms with Crippen LogP contribution in [0.2, 0.25) is 0 Å². The van der Waals surface area contributed by atoms with Crippen molar-refractivity contribution in [1.82, 2.24) is 9.97 Å². The second-order valence-electron chi connectivity index (χ2n) is 5.68. The minimum Gasteiger partial charge on any atom is -0.360 e. The summed E-state index contributed by atoms with van der Waals surface area (Å²) in [7, 11) is 1.04. The van der Waals surface area contributed by atoms with Crippen LogP contribution in [0.3, 0.4) is 0 Å². The van der Waals surface area contributed by atoms with Gasteiger partial charge in [-0.2, -0.15) is 0 Å². The van der Waals surface area contributed by atoms with Gasteiger partial charge >= 0.3 is 0 Å². The van der Waals surface area contributed by atoms with Crippen LogP contribution in [0.4, 0.5) is 11.6 Å². The quantitative estimate of drug-likeness (QED) is 0.789. The van der Waals surface area contributed by atoms with Crippen LogP contribution in [0, 0.1) is 0 Å². The Morgan fingerprint density at radius 1 is 1.29 bits per heavy atom. The summed E-state index contributed by atoms with van der Waals surface area (Å²) in [5.74, 6) is 2.15. The standard InChI is InChI=1S/C14H24N4O2S/c1-4-5-7-17(2)13-9-14(16-11-15-13)18(3)12-6-8-21(19,20)10-12/h9,11-12H,4-8,10H2,1-3H3. The molecule has 0 bridgehead atoms. The summed E-state index contributed by atoms with van der Waals surface area (Å²) in [5.41, 5.74) is 0. The third-order valence-electron chi connectivity index (χ3n) is 3.99. The van der Waals surface area contributed by atoms with Crippen LogP contribution >= 0.6 is 0 Å². The molecule has 1 atom stereocenters. The molecule has 6 nitrogen and oxygen atoms in total. The van der Waals surface area contributed by atoms with Crippen molar-refractivity contribution in [1.29, 1.82) is 0 Å². The fraction of sp³-hybridized carbons (Fsp3) is 0.714. The Morgan fingerprint density at radius 3 is 2.62 bits per heavy atom. The fourth-order valence-electron chi connectivity index (χ4n) is 2.52. The van der Waals surface area contributed by atoms with Crippen LogP contribution in [-0.2, 0) is 9.84 Å². The number of rotatable bonds is 6. The number of hydrogen-bond acceptors (Lipinski definition) is 6. The largest absolute Gasteiger partial charge is 0.360 e. The predicted octanol–water partition coefficient (Wildman–Crippen LogP) is 1.34. The van der Waals surface area contributed by atoms with Crippen molar-refractivity contribution in [3.8, 4) is 0 Å². The van der Waals surface area contributed by atoms with Crippen molar-refractivity contribution in [3.63, 3.8) is 0 Å². The molecule has 0 aromatic carbocycles. The van der Waals surface area contributed by atoms with Gasteiger partial charge in [-0.3, -0.25) is 0 Å². The summed E-state index contributed by atoms with van der Waals surface area (Å²) in [6.45, 7) is 3.11. The minimum absolute atomic E-state index is 0.0127. The molecule has 7 heteroatoms. The lowest BCUT2D eigenvalue weighted by atomic mass is 10.2. The minimum atomic E-state index is -2.88. The lowest BCUT2D eigenvalue weighted by Gasteiger charge is -2.26. The van der Waals surface area contributed by atoms with E-state index in [9.17, 15) is 8.42 Å². The van der Waals surface area contributed by atoms with Crippen molar-refractivity contribution < 1.29 is 8.42 Å². The molecule has 0 aliphatic carbocycles. The second kappa shape index (κ2) is 6.60. The van der Waals surface area contributed by atoms with E-state index in [1.165, 1.54) is 0 Å². The first-order chi connectivity index (χ1) is 9.93. The smallest absolute Gasteiger partial charge is 0.152 e. The molecule has 1 saturated heterocycles. The van der Waals surface area contributed by atoms with Gasteiger partial charge in [0.15, 0.2) is 9.84 Å². The Hall–Kier alpha value is -1.37. The first-order valence-corrected chi connectivity index (χ1v) is 9.21. The van der Waals surface area contributed by atoms with Crippen molar-refractivity contribution in [3.05, 3.63) is 12.4 Å². The Bertz CT molecular complexity index is 576. The molecule has 21 heavy (non-hydrogen) atoms. The molecule has 0 spiro atoms. The van der Waals surface area contributed by atoms with E-state index in [4.69, 9.17) is 0 Å². The summed E-state index contributed by atoms with van der Waals surface area (Å²) in [6.07, 6.45) is 4.48. The Labute approximate surface area is 127 Å². The molecule has 1 unspecified atom stereocenters. The zero-order valence-corrected chi connectivity index (χ0v) is 13.8. The van der Waals surface area contributed by atoms with Gasteiger partial charge in [0, 0.05) is 32.7 Å². The lowest BCUT2D eigenvalue weighted by molar-refractivity contribution is 0.600. The zero-order valence-electron chi connectivity index (χ0n) is 13.0. The van der Waals surface area contributed by atoms with Crippen LogP contribution < -0.4 is 9.80 Å². The SMILES string of the molecule is CCCCN(C)c1cc(N(C)C2CCS(=O)(=O)C2)ncn1. The van der Waals surface area contributed by atoms with E-state index >= 15 is 0 Å².